The van der Waals surface area contributed by atoms with Crippen LogP contribution in [0.4, 0.5) is 0 Å². The molecule has 1 aromatic carbocycles. The van der Waals surface area contributed by atoms with Crippen LogP contribution in [0, 0.1) is 12.3 Å². The summed E-state index contributed by atoms with van der Waals surface area (Å²) < 4.78 is 0. The molecule has 0 heterocycles. The Kier molecular flexibility index (Phi) is 5.12. The molecule has 0 radical (unpaired) electrons. The van der Waals surface area contributed by atoms with E-state index in [-0.39, 0.29) is 12.4 Å². The number of benzene rings is 1. The second-order valence-corrected chi connectivity index (χ2v) is 4.15. The third kappa shape index (κ3) is 3.84. The summed E-state index contributed by atoms with van der Waals surface area (Å²) in [6, 6.07) is 5.81. The first-order valence-corrected chi connectivity index (χ1v) is 5.85. The first kappa shape index (κ1) is 13.7. The van der Waals surface area contributed by atoms with Crippen LogP contribution in [-0.4, -0.2) is 35.5 Å². The van der Waals surface area contributed by atoms with Crippen molar-refractivity contribution in [2.24, 2.45) is 5.73 Å². The van der Waals surface area contributed by atoms with Gasteiger partial charge in [-0.2, -0.15) is 0 Å². The molecule has 4 N–H and O–H groups in total. The Morgan fingerprint density at radius 3 is 2.65 bits per heavy atom. The van der Waals surface area contributed by atoms with Crippen LogP contribution in [0.5, 0.6) is 0 Å². The van der Waals surface area contributed by atoms with Crippen molar-refractivity contribution >= 4 is 5.84 Å². The summed E-state index contributed by atoms with van der Waals surface area (Å²) in [5.74, 6) is 0.0994. The lowest BCUT2D eigenvalue weighted by Gasteiger charge is -2.20. The fourth-order valence-electron chi connectivity index (χ4n) is 1.77. The second-order valence-electron chi connectivity index (χ2n) is 4.15. The average Bonchev–Trinajstić information content (AvgIpc) is 2.30. The molecule has 4 heteroatoms. The minimum atomic E-state index is 0.0994. The Labute approximate surface area is 103 Å². The highest BCUT2D eigenvalue weighted by atomic mass is 16.3. The summed E-state index contributed by atoms with van der Waals surface area (Å²) in [7, 11) is 0. The van der Waals surface area contributed by atoms with Gasteiger partial charge in [0, 0.05) is 18.7 Å². The molecular weight excluding hydrogens is 214 g/mol. The fourth-order valence-corrected chi connectivity index (χ4v) is 1.77. The van der Waals surface area contributed by atoms with E-state index in [4.69, 9.17) is 16.2 Å². The standard InChI is InChI=1S/C13H21N3O/c1-3-16(6-7-17)9-12-5-4-11(13(14)15)8-10(12)2/h4-5,8,17H,3,6-7,9H2,1-2H3,(H3,14,15). The van der Waals surface area contributed by atoms with Gasteiger partial charge in [0.1, 0.15) is 5.84 Å². The molecule has 1 rings (SSSR count). The van der Waals surface area contributed by atoms with Crippen molar-refractivity contribution in [3.05, 3.63) is 34.9 Å². The van der Waals surface area contributed by atoms with Crippen LogP contribution in [0.15, 0.2) is 18.2 Å². The van der Waals surface area contributed by atoms with E-state index in [1.165, 1.54) is 5.56 Å². The summed E-state index contributed by atoms with van der Waals surface area (Å²) in [6.07, 6.45) is 0. The van der Waals surface area contributed by atoms with Gasteiger partial charge in [0.25, 0.3) is 0 Å². The summed E-state index contributed by atoms with van der Waals surface area (Å²) in [4.78, 5) is 2.18. The number of aryl methyl sites for hydroxylation is 1. The first-order chi connectivity index (χ1) is 8.08. The maximum Gasteiger partial charge on any atom is 0.122 e. The smallest absolute Gasteiger partial charge is 0.122 e. The maximum absolute atomic E-state index is 8.95. The fraction of sp³-hybridized carbons (Fsp3) is 0.462. The number of amidine groups is 1. The summed E-state index contributed by atoms with van der Waals surface area (Å²) >= 11 is 0. The van der Waals surface area contributed by atoms with Crippen LogP contribution < -0.4 is 5.73 Å². The summed E-state index contributed by atoms with van der Waals surface area (Å²) in [5, 5.41) is 16.3. The lowest BCUT2D eigenvalue weighted by atomic mass is 10.0. The van der Waals surface area contributed by atoms with Gasteiger partial charge in [-0.1, -0.05) is 19.1 Å². The number of rotatable bonds is 6. The van der Waals surface area contributed by atoms with Crippen molar-refractivity contribution < 1.29 is 5.11 Å². The molecule has 0 aliphatic carbocycles. The van der Waals surface area contributed by atoms with Crippen molar-refractivity contribution in [3.63, 3.8) is 0 Å². The number of nitrogen functional groups attached to an aromatic ring is 1. The highest BCUT2D eigenvalue weighted by molar-refractivity contribution is 5.95. The predicted octanol–water partition coefficient (Wildman–Crippen LogP) is 1.09. The molecule has 0 aromatic heterocycles. The van der Waals surface area contributed by atoms with Crippen molar-refractivity contribution in [1.82, 2.24) is 4.90 Å². The monoisotopic (exact) mass is 235 g/mol. The number of aliphatic hydroxyl groups excluding tert-OH is 1. The Hall–Kier alpha value is -1.39. The van der Waals surface area contributed by atoms with E-state index in [0.29, 0.717) is 6.54 Å². The second kappa shape index (κ2) is 6.37. The zero-order chi connectivity index (χ0) is 12.8. The third-order valence-electron chi connectivity index (χ3n) is 2.91. The van der Waals surface area contributed by atoms with Gasteiger partial charge < -0.3 is 10.8 Å². The molecule has 1 aromatic rings. The van der Waals surface area contributed by atoms with Gasteiger partial charge in [0.05, 0.1) is 6.61 Å². The summed E-state index contributed by atoms with van der Waals surface area (Å²) in [5.41, 5.74) is 8.55. The lowest BCUT2D eigenvalue weighted by molar-refractivity contribution is 0.196. The van der Waals surface area contributed by atoms with Crippen LogP contribution in [0.25, 0.3) is 0 Å². The molecular formula is C13H21N3O. The van der Waals surface area contributed by atoms with E-state index in [1.807, 2.05) is 25.1 Å². The van der Waals surface area contributed by atoms with Gasteiger partial charge in [0.15, 0.2) is 0 Å². The van der Waals surface area contributed by atoms with Crippen LogP contribution in [0.2, 0.25) is 0 Å². The van der Waals surface area contributed by atoms with Gasteiger partial charge in [0.2, 0.25) is 0 Å². The van der Waals surface area contributed by atoms with Crippen molar-refractivity contribution in [1.29, 1.82) is 5.41 Å². The highest BCUT2D eigenvalue weighted by Crippen LogP contribution is 2.13. The Balaban J connectivity index is 2.81. The number of nitrogens with one attached hydrogen (secondary N) is 1. The topological polar surface area (TPSA) is 73.3 Å². The van der Waals surface area contributed by atoms with E-state index >= 15 is 0 Å². The Morgan fingerprint density at radius 1 is 1.47 bits per heavy atom. The van der Waals surface area contributed by atoms with Crippen molar-refractivity contribution in [3.8, 4) is 0 Å². The van der Waals surface area contributed by atoms with E-state index < -0.39 is 0 Å². The van der Waals surface area contributed by atoms with Crippen LogP contribution in [0.1, 0.15) is 23.6 Å². The van der Waals surface area contributed by atoms with Crippen molar-refractivity contribution in [2.75, 3.05) is 19.7 Å². The molecule has 0 bridgehead atoms. The Morgan fingerprint density at radius 2 is 2.18 bits per heavy atom. The van der Waals surface area contributed by atoms with Crippen LogP contribution in [0.3, 0.4) is 0 Å². The van der Waals surface area contributed by atoms with Gasteiger partial charge in [-0.15, -0.1) is 0 Å². The minimum absolute atomic E-state index is 0.0994. The molecule has 4 nitrogen and oxygen atoms in total. The molecule has 0 atom stereocenters. The molecule has 0 spiro atoms. The number of hydrogen-bond donors (Lipinski definition) is 3. The van der Waals surface area contributed by atoms with Gasteiger partial charge in [-0.25, -0.2) is 0 Å². The quantitative estimate of drug-likeness (QED) is 0.510. The van der Waals surface area contributed by atoms with Crippen molar-refractivity contribution in [2.45, 2.75) is 20.4 Å². The van der Waals surface area contributed by atoms with Gasteiger partial charge >= 0.3 is 0 Å². The molecule has 0 saturated heterocycles. The number of aliphatic hydroxyl groups is 1. The molecule has 0 saturated carbocycles. The Bertz CT molecular complexity index is 390. The average molecular weight is 235 g/mol. The third-order valence-corrected chi connectivity index (χ3v) is 2.91. The molecule has 17 heavy (non-hydrogen) atoms. The molecule has 0 fully saturated rings. The summed E-state index contributed by atoms with van der Waals surface area (Å²) in [6.45, 7) is 6.70. The lowest BCUT2D eigenvalue weighted by Crippen LogP contribution is -2.26. The minimum Gasteiger partial charge on any atom is -0.395 e. The SMILES string of the molecule is CCN(CCO)Cc1ccc(C(=N)N)cc1C. The van der Waals surface area contributed by atoms with Gasteiger partial charge in [-0.3, -0.25) is 10.3 Å². The molecule has 0 aliphatic rings. The molecule has 0 amide bonds. The first-order valence-electron chi connectivity index (χ1n) is 5.85. The van der Waals surface area contributed by atoms with Crippen LogP contribution >= 0.6 is 0 Å². The number of likely N-dealkylation sites (N-methyl/N-ethyl adjacent to an activating group) is 1. The largest absolute Gasteiger partial charge is 0.395 e. The van der Waals surface area contributed by atoms with Crippen LogP contribution in [-0.2, 0) is 6.54 Å². The zero-order valence-corrected chi connectivity index (χ0v) is 10.5. The molecule has 0 unspecified atom stereocenters. The van der Waals surface area contributed by atoms with E-state index in [9.17, 15) is 0 Å². The van der Waals surface area contributed by atoms with E-state index in [0.717, 1.165) is 24.2 Å². The number of nitrogens with zero attached hydrogens (tertiary/aromatic N) is 1. The molecule has 94 valence electrons. The zero-order valence-electron chi connectivity index (χ0n) is 10.5. The number of nitrogens with two attached hydrogens (primary N) is 1. The maximum atomic E-state index is 8.95. The van der Waals surface area contributed by atoms with Gasteiger partial charge in [-0.05, 0) is 30.7 Å². The predicted molar refractivity (Wildman–Crippen MR) is 70.2 cm³/mol. The highest BCUT2D eigenvalue weighted by Gasteiger charge is 2.06. The van der Waals surface area contributed by atoms with E-state index in [2.05, 4.69) is 11.8 Å². The number of hydrogen-bond acceptors (Lipinski definition) is 3. The molecule has 0 aliphatic heterocycles. The normalized spacial score (nSPS) is 10.8. The van der Waals surface area contributed by atoms with E-state index in [1.54, 1.807) is 0 Å².